The number of carbonyl (C=O) groups is 2. The molecule has 0 radical (unpaired) electrons. The van der Waals surface area contributed by atoms with Crippen LogP contribution in [0.1, 0.15) is 13.3 Å². The van der Waals surface area contributed by atoms with Gasteiger partial charge in [0.1, 0.15) is 12.7 Å². The van der Waals surface area contributed by atoms with Gasteiger partial charge in [-0.1, -0.05) is 5.21 Å². The molecule has 0 unspecified atom stereocenters. The van der Waals surface area contributed by atoms with Gasteiger partial charge in [-0.15, -0.1) is 5.10 Å². The molecule has 0 amide bonds. The van der Waals surface area contributed by atoms with Crippen LogP contribution in [0.4, 0.5) is 0 Å². The summed E-state index contributed by atoms with van der Waals surface area (Å²) in [6.45, 7) is 1.51. The average molecular weight is 401 g/mol. The van der Waals surface area contributed by atoms with Crippen LogP contribution in [0.25, 0.3) is 16.9 Å². The van der Waals surface area contributed by atoms with Crippen molar-refractivity contribution in [2.24, 2.45) is 0 Å². The predicted molar refractivity (Wildman–Crippen MR) is 100 cm³/mol. The summed E-state index contributed by atoms with van der Waals surface area (Å²) >= 11 is 0. The molecule has 3 aromatic rings. The predicted octanol–water partition coefficient (Wildman–Crippen LogP) is 0.517. The van der Waals surface area contributed by atoms with Gasteiger partial charge in [-0.3, -0.25) is 19.0 Å². The van der Waals surface area contributed by atoms with Gasteiger partial charge in [0.2, 0.25) is 0 Å². The molecule has 0 atom stereocenters. The van der Waals surface area contributed by atoms with E-state index in [0.717, 1.165) is 4.57 Å². The van der Waals surface area contributed by atoms with Crippen LogP contribution in [0.3, 0.4) is 0 Å². The standard InChI is InChI=1S/C18H19N5O6/c1-4-29-15(25)8-12(24)9-22-10-19-17-16(18(22)26)20-21-23(17)11-5-6-13(27-2)14(7-11)28-3/h5-7,10H,4,8-9H2,1-3H3. The van der Waals surface area contributed by atoms with Gasteiger partial charge in [0.25, 0.3) is 5.56 Å². The minimum Gasteiger partial charge on any atom is -0.493 e. The van der Waals surface area contributed by atoms with Crippen LogP contribution in [0.5, 0.6) is 11.5 Å². The molecule has 0 fully saturated rings. The molecule has 0 bridgehead atoms. The summed E-state index contributed by atoms with van der Waals surface area (Å²) in [5.74, 6) is -0.0966. The Labute approximate surface area is 164 Å². The minimum atomic E-state index is -0.640. The fraction of sp³-hybridized carbons (Fsp3) is 0.333. The Kier molecular flexibility index (Phi) is 5.86. The first-order valence-corrected chi connectivity index (χ1v) is 8.69. The number of hydrogen-bond donors (Lipinski definition) is 0. The molecule has 0 spiro atoms. The molecule has 0 aliphatic heterocycles. The molecule has 11 nitrogen and oxygen atoms in total. The topological polar surface area (TPSA) is 127 Å². The molecule has 152 valence electrons. The molecule has 2 heterocycles. The molecule has 11 heteroatoms. The van der Waals surface area contributed by atoms with Gasteiger partial charge >= 0.3 is 5.97 Å². The van der Waals surface area contributed by atoms with Gasteiger partial charge in [0.15, 0.2) is 28.4 Å². The maximum Gasteiger partial charge on any atom is 0.313 e. The lowest BCUT2D eigenvalue weighted by Crippen LogP contribution is -2.26. The fourth-order valence-electron chi connectivity index (χ4n) is 2.71. The van der Waals surface area contributed by atoms with Crippen molar-refractivity contribution in [2.45, 2.75) is 19.9 Å². The third-order valence-electron chi connectivity index (χ3n) is 4.03. The van der Waals surface area contributed by atoms with Gasteiger partial charge < -0.3 is 14.2 Å². The number of rotatable bonds is 8. The first-order chi connectivity index (χ1) is 14.0. The third-order valence-corrected chi connectivity index (χ3v) is 4.03. The Morgan fingerprint density at radius 2 is 1.90 bits per heavy atom. The van der Waals surface area contributed by atoms with Crippen LogP contribution >= 0.6 is 0 Å². The van der Waals surface area contributed by atoms with Crippen molar-refractivity contribution in [2.75, 3.05) is 20.8 Å². The largest absolute Gasteiger partial charge is 0.493 e. The number of ether oxygens (including phenoxy) is 3. The van der Waals surface area contributed by atoms with E-state index in [4.69, 9.17) is 14.2 Å². The maximum atomic E-state index is 12.6. The van der Waals surface area contributed by atoms with Crippen LogP contribution < -0.4 is 15.0 Å². The Balaban J connectivity index is 1.91. The molecular weight excluding hydrogens is 382 g/mol. The number of nitrogens with zero attached hydrogens (tertiary/aromatic N) is 5. The highest BCUT2D eigenvalue weighted by molar-refractivity contribution is 5.95. The van der Waals surface area contributed by atoms with E-state index in [9.17, 15) is 14.4 Å². The van der Waals surface area contributed by atoms with Crippen molar-refractivity contribution in [3.63, 3.8) is 0 Å². The van der Waals surface area contributed by atoms with E-state index in [1.807, 2.05) is 0 Å². The zero-order valence-electron chi connectivity index (χ0n) is 16.1. The highest BCUT2D eigenvalue weighted by Gasteiger charge is 2.17. The zero-order valence-corrected chi connectivity index (χ0v) is 16.1. The smallest absolute Gasteiger partial charge is 0.313 e. The molecule has 0 N–H and O–H groups in total. The molecule has 29 heavy (non-hydrogen) atoms. The molecule has 0 aliphatic rings. The highest BCUT2D eigenvalue weighted by atomic mass is 16.5. The van der Waals surface area contributed by atoms with Crippen LogP contribution in [-0.2, 0) is 20.9 Å². The number of fused-ring (bicyclic) bond motifs is 1. The summed E-state index contributed by atoms with van der Waals surface area (Å²) in [7, 11) is 3.03. The Bertz CT molecular complexity index is 1120. The SMILES string of the molecule is CCOC(=O)CC(=O)Cn1cnc2c(nnn2-c2ccc(OC)c(OC)c2)c1=O. The second-order valence-electron chi connectivity index (χ2n) is 5.91. The van der Waals surface area contributed by atoms with Crippen molar-refractivity contribution in [1.82, 2.24) is 24.5 Å². The van der Waals surface area contributed by atoms with Crippen LogP contribution in [0.2, 0.25) is 0 Å². The first kappa shape index (κ1) is 20.0. The fourth-order valence-corrected chi connectivity index (χ4v) is 2.71. The lowest BCUT2D eigenvalue weighted by atomic mass is 10.2. The van der Waals surface area contributed by atoms with Crippen molar-refractivity contribution in [3.05, 3.63) is 34.9 Å². The lowest BCUT2D eigenvalue weighted by Gasteiger charge is -2.09. The Hall–Kier alpha value is -3.76. The van der Waals surface area contributed by atoms with Gasteiger partial charge in [-0.05, 0) is 19.1 Å². The van der Waals surface area contributed by atoms with E-state index in [0.29, 0.717) is 17.2 Å². The number of benzene rings is 1. The number of esters is 1. The van der Waals surface area contributed by atoms with Crippen molar-refractivity contribution < 1.29 is 23.8 Å². The van der Waals surface area contributed by atoms with Gasteiger partial charge in [0.05, 0.1) is 33.1 Å². The van der Waals surface area contributed by atoms with E-state index in [1.54, 1.807) is 25.1 Å². The quantitative estimate of drug-likeness (QED) is 0.392. The summed E-state index contributed by atoms with van der Waals surface area (Å²) in [5, 5.41) is 7.88. The maximum absolute atomic E-state index is 12.6. The number of aromatic nitrogens is 5. The second-order valence-corrected chi connectivity index (χ2v) is 5.91. The van der Waals surface area contributed by atoms with Gasteiger partial charge in [0, 0.05) is 6.07 Å². The van der Waals surface area contributed by atoms with E-state index < -0.39 is 23.7 Å². The van der Waals surface area contributed by atoms with E-state index in [2.05, 4.69) is 15.3 Å². The summed E-state index contributed by atoms with van der Waals surface area (Å²) in [4.78, 5) is 40.2. The molecule has 0 aliphatic carbocycles. The average Bonchev–Trinajstić information content (AvgIpc) is 3.14. The van der Waals surface area contributed by atoms with Crippen LogP contribution in [-0.4, -0.2) is 57.1 Å². The summed E-state index contributed by atoms with van der Waals surface area (Å²) in [6.07, 6.45) is 0.797. The lowest BCUT2D eigenvalue weighted by molar-refractivity contribution is -0.145. The molecule has 0 saturated heterocycles. The summed E-state index contributed by atoms with van der Waals surface area (Å²) in [6, 6.07) is 5.07. The normalized spacial score (nSPS) is 10.7. The third kappa shape index (κ3) is 4.08. The number of methoxy groups -OCH3 is 2. The van der Waals surface area contributed by atoms with Gasteiger partial charge in [-0.25, -0.2) is 4.98 Å². The van der Waals surface area contributed by atoms with Crippen molar-refractivity contribution in [3.8, 4) is 17.2 Å². The highest BCUT2D eigenvalue weighted by Crippen LogP contribution is 2.29. The number of ketones is 1. The molecular formula is C18H19N5O6. The van der Waals surface area contributed by atoms with Crippen LogP contribution in [0.15, 0.2) is 29.3 Å². The molecule has 0 saturated carbocycles. The van der Waals surface area contributed by atoms with E-state index in [-0.39, 0.29) is 24.3 Å². The zero-order chi connectivity index (χ0) is 21.0. The Morgan fingerprint density at radius 1 is 1.14 bits per heavy atom. The number of Topliss-reactive ketones (excluding diaryl/α,β-unsaturated/α-hetero) is 1. The number of hydrogen-bond acceptors (Lipinski definition) is 9. The first-order valence-electron chi connectivity index (χ1n) is 8.69. The minimum absolute atomic E-state index is 0.00813. The van der Waals surface area contributed by atoms with Crippen molar-refractivity contribution in [1.29, 1.82) is 0 Å². The molecule has 1 aromatic carbocycles. The second kappa shape index (κ2) is 8.50. The van der Waals surface area contributed by atoms with Crippen LogP contribution in [0, 0.1) is 0 Å². The summed E-state index contributed by atoms with van der Waals surface area (Å²) < 4.78 is 17.7. The summed E-state index contributed by atoms with van der Waals surface area (Å²) in [5.41, 5.74) is 0.231. The molecule has 2 aromatic heterocycles. The number of carbonyl (C=O) groups excluding carboxylic acids is 2. The monoisotopic (exact) mass is 401 g/mol. The Morgan fingerprint density at radius 3 is 2.59 bits per heavy atom. The van der Waals surface area contributed by atoms with E-state index in [1.165, 1.54) is 25.2 Å². The van der Waals surface area contributed by atoms with E-state index >= 15 is 0 Å². The van der Waals surface area contributed by atoms with Crippen molar-refractivity contribution >= 4 is 22.9 Å². The van der Waals surface area contributed by atoms with Gasteiger partial charge in [-0.2, -0.15) is 4.68 Å². The molecule has 3 rings (SSSR count).